The molecule has 382 valence electrons. The van der Waals surface area contributed by atoms with Crippen LogP contribution < -0.4 is 0 Å². The zero-order valence-electron chi connectivity index (χ0n) is 39.8. The fourth-order valence-electron chi connectivity index (χ4n) is 15.6. The van der Waals surface area contributed by atoms with Crippen molar-refractivity contribution in [3.8, 4) is 0 Å². The van der Waals surface area contributed by atoms with E-state index in [2.05, 4.69) is 40.7 Å². The number of aliphatic hydroxyl groups is 10. The average molecular weight is 957 g/mol. The Morgan fingerprint density at radius 1 is 0.716 bits per heavy atom. The van der Waals surface area contributed by atoms with Gasteiger partial charge in [0.2, 0.25) is 6.29 Å². The normalized spacial score (nSPS) is 54.0. The topological polar surface area (TPSA) is 312 Å². The van der Waals surface area contributed by atoms with Crippen molar-refractivity contribution in [2.45, 2.75) is 205 Å². The van der Waals surface area contributed by atoms with Gasteiger partial charge < -0.3 is 84.6 Å². The van der Waals surface area contributed by atoms with Gasteiger partial charge in [-0.3, -0.25) is 9.59 Å². The van der Waals surface area contributed by atoms with Gasteiger partial charge in [0.1, 0.15) is 61.0 Å². The lowest BCUT2D eigenvalue weighted by atomic mass is 9.31. The SMILES string of the molecule is CC1OC(OC(=O)C23CCC(C)(C)CC2(C)C2=CCC4C5(C)CCC(OC6OC(CO)C(O)C(O)C6O)C(C)(C(=O)O)C5CCC4(C)C2(CO)CC3)C(O)C(O)C1OC1OCC(O)C(O)C1O. The number of ether oxygens (including phenoxy) is 6. The molecule has 3 saturated heterocycles. The van der Waals surface area contributed by atoms with E-state index in [0.717, 1.165) is 5.57 Å². The van der Waals surface area contributed by atoms with Gasteiger partial charge in [-0.15, -0.1) is 0 Å². The molecule has 7 fully saturated rings. The third-order valence-corrected chi connectivity index (χ3v) is 19.5. The summed E-state index contributed by atoms with van der Waals surface area (Å²) in [5.74, 6) is -2.23. The van der Waals surface area contributed by atoms with Crippen molar-refractivity contribution >= 4 is 11.9 Å². The van der Waals surface area contributed by atoms with Crippen molar-refractivity contribution in [1.82, 2.24) is 0 Å². The summed E-state index contributed by atoms with van der Waals surface area (Å²) >= 11 is 0. The number of allylic oxidation sites excluding steroid dienone is 1. The minimum atomic E-state index is -1.78. The molecule has 11 N–H and O–H groups in total. The van der Waals surface area contributed by atoms with Crippen molar-refractivity contribution in [3.63, 3.8) is 0 Å². The third kappa shape index (κ3) is 7.53. The fraction of sp³-hybridized carbons (Fsp3) is 0.917. The van der Waals surface area contributed by atoms with E-state index in [1.54, 1.807) is 13.8 Å². The summed E-state index contributed by atoms with van der Waals surface area (Å²) in [4.78, 5) is 28.8. The van der Waals surface area contributed by atoms with Crippen LogP contribution in [0.4, 0.5) is 0 Å². The predicted molar refractivity (Wildman–Crippen MR) is 231 cm³/mol. The zero-order chi connectivity index (χ0) is 49.2. The number of aliphatic carboxylic acids is 1. The van der Waals surface area contributed by atoms with E-state index >= 15 is 4.79 Å². The molecule has 0 aromatic heterocycles. The lowest BCUT2D eigenvalue weighted by Crippen LogP contribution is -2.70. The first kappa shape index (κ1) is 51.4. The molecule has 8 rings (SSSR count). The highest BCUT2D eigenvalue weighted by Gasteiger charge is 2.75. The molecule has 0 radical (unpaired) electrons. The second-order valence-corrected chi connectivity index (χ2v) is 23.3. The van der Waals surface area contributed by atoms with Crippen molar-refractivity contribution in [2.75, 3.05) is 19.8 Å². The number of carbonyl (C=O) groups is 2. The molecule has 5 aliphatic carbocycles. The smallest absolute Gasteiger partial charge is 0.315 e. The van der Waals surface area contributed by atoms with Crippen LogP contribution >= 0.6 is 0 Å². The molecule has 19 heteroatoms. The molecular formula is C48H76O19. The van der Waals surface area contributed by atoms with Gasteiger partial charge in [0.25, 0.3) is 0 Å². The minimum absolute atomic E-state index is 0.112. The number of carbonyl (C=O) groups excluding carboxylic acids is 1. The first-order valence-corrected chi connectivity index (χ1v) is 24.3. The Labute approximate surface area is 391 Å². The Morgan fingerprint density at radius 3 is 2.03 bits per heavy atom. The zero-order valence-corrected chi connectivity index (χ0v) is 39.8. The Bertz CT molecular complexity index is 1900. The van der Waals surface area contributed by atoms with Gasteiger partial charge in [-0.1, -0.05) is 46.3 Å². The van der Waals surface area contributed by atoms with Crippen LogP contribution in [0.2, 0.25) is 0 Å². The molecule has 23 unspecified atom stereocenters. The van der Waals surface area contributed by atoms with Crippen LogP contribution in [0.15, 0.2) is 11.6 Å². The fourth-order valence-corrected chi connectivity index (χ4v) is 15.6. The van der Waals surface area contributed by atoms with Gasteiger partial charge in [0.05, 0.1) is 42.9 Å². The molecule has 23 atom stereocenters. The lowest BCUT2D eigenvalue weighted by molar-refractivity contribution is -0.341. The summed E-state index contributed by atoms with van der Waals surface area (Å²) in [7, 11) is 0. The van der Waals surface area contributed by atoms with Crippen LogP contribution in [0.1, 0.15) is 113 Å². The van der Waals surface area contributed by atoms with Crippen LogP contribution in [0.5, 0.6) is 0 Å². The van der Waals surface area contributed by atoms with E-state index in [1.165, 1.54) is 0 Å². The first-order chi connectivity index (χ1) is 31.2. The molecule has 8 aliphatic rings. The quantitative estimate of drug-likeness (QED) is 0.0838. The molecule has 3 aliphatic heterocycles. The van der Waals surface area contributed by atoms with Gasteiger partial charge in [0, 0.05) is 10.8 Å². The van der Waals surface area contributed by atoms with Gasteiger partial charge >= 0.3 is 11.9 Å². The molecule has 67 heavy (non-hydrogen) atoms. The van der Waals surface area contributed by atoms with Crippen LogP contribution in [-0.2, 0) is 38.0 Å². The summed E-state index contributed by atoms with van der Waals surface area (Å²) in [6.45, 7) is 12.8. The molecule has 0 spiro atoms. The Morgan fingerprint density at radius 2 is 1.37 bits per heavy atom. The van der Waals surface area contributed by atoms with Crippen LogP contribution in [-0.4, -0.2) is 180 Å². The number of esters is 1. The number of carboxylic acid groups (broad SMARTS) is 1. The maximum atomic E-state index is 15.1. The van der Waals surface area contributed by atoms with E-state index in [4.69, 9.17) is 28.4 Å². The highest BCUT2D eigenvalue weighted by atomic mass is 16.7. The van der Waals surface area contributed by atoms with Gasteiger partial charge in [-0.25, -0.2) is 0 Å². The summed E-state index contributed by atoms with van der Waals surface area (Å²) < 4.78 is 35.3. The standard InChI is InChI=1S/C48H76O19/c1-22-36(66-37-33(56)29(52)23(51)19-62-37)32(55)35(58)38(63-22)67-41(61)47-15-14-42(2,3)20-45(47,6)27-9-8-25-43(4)12-11-28(65-39-34(57)31(54)30(53)24(18-49)64-39)46(7,40(59)60)26(43)10-13-44(25,5)48(27,21-50)17-16-47/h9,22-26,28-39,49-58H,8,10-21H2,1-7H3,(H,59,60). The Kier molecular flexibility index (Phi) is 13.6. The minimum Gasteiger partial charge on any atom is -0.481 e. The van der Waals surface area contributed by atoms with Crippen molar-refractivity contribution in [2.24, 2.45) is 49.7 Å². The van der Waals surface area contributed by atoms with E-state index < -0.39 is 149 Å². The number of aliphatic hydroxyl groups excluding tert-OH is 10. The molecule has 4 saturated carbocycles. The van der Waals surface area contributed by atoms with E-state index in [1.807, 2.05) is 0 Å². The van der Waals surface area contributed by atoms with Crippen LogP contribution in [0, 0.1) is 49.7 Å². The molecular weight excluding hydrogens is 881 g/mol. The summed E-state index contributed by atoms with van der Waals surface area (Å²) in [6.07, 6.45) is -15.0. The molecule has 19 nitrogen and oxygen atoms in total. The number of rotatable bonds is 9. The Hall–Kier alpha value is -1.92. The van der Waals surface area contributed by atoms with Crippen molar-refractivity contribution in [3.05, 3.63) is 11.6 Å². The number of fused-ring (bicyclic) bond motifs is 7. The van der Waals surface area contributed by atoms with Gasteiger partial charge in [0.15, 0.2) is 12.6 Å². The molecule has 0 aromatic rings. The molecule has 3 heterocycles. The lowest BCUT2D eigenvalue weighted by Gasteiger charge is -2.73. The number of hydrogen-bond donors (Lipinski definition) is 11. The second-order valence-electron chi connectivity index (χ2n) is 23.3. The maximum Gasteiger partial charge on any atom is 0.315 e. The van der Waals surface area contributed by atoms with E-state index in [-0.39, 0.29) is 31.0 Å². The monoisotopic (exact) mass is 956 g/mol. The largest absolute Gasteiger partial charge is 0.481 e. The summed E-state index contributed by atoms with van der Waals surface area (Å²) in [5.41, 5.74) is -4.70. The Balaban J connectivity index is 1.07. The second kappa shape index (κ2) is 17.7. The van der Waals surface area contributed by atoms with E-state index in [9.17, 15) is 61.0 Å². The van der Waals surface area contributed by atoms with Crippen molar-refractivity contribution in [1.29, 1.82) is 0 Å². The van der Waals surface area contributed by atoms with E-state index in [0.29, 0.717) is 57.8 Å². The molecule has 0 aromatic carbocycles. The number of hydrogen-bond acceptors (Lipinski definition) is 18. The molecule has 0 bridgehead atoms. The van der Waals surface area contributed by atoms with Crippen LogP contribution in [0.25, 0.3) is 0 Å². The predicted octanol–water partition coefficient (Wildman–Crippen LogP) is 0.234. The average Bonchev–Trinajstić information content (AvgIpc) is 3.27. The highest BCUT2D eigenvalue weighted by Crippen LogP contribution is 2.78. The van der Waals surface area contributed by atoms with Crippen molar-refractivity contribution < 1.29 is 94.2 Å². The van der Waals surface area contributed by atoms with Gasteiger partial charge in [-0.05, 0) is 106 Å². The highest BCUT2D eigenvalue weighted by molar-refractivity contribution is 5.80. The number of carboxylic acids is 1. The molecule has 0 amide bonds. The summed E-state index contributed by atoms with van der Waals surface area (Å²) in [5, 5.41) is 118. The summed E-state index contributed by atoms with van der Waals surface area (Å²) in [6, 6.07) is 0. The van der Waals surface area contributed by atoms with Crippen LogP contribution in [0.3, 0.4) is 0 Å². The first-order valence-electron chi connectivity index (χ1n) is 24.3. The third-order valence-electron chi connectivity index (χ3n) is 19.5. The maximum absolute atomic E-state index is 15.1. The van der Waals surface area contributed by atoms with Gasteiger partial charge in [-0.2, -0.15) is 0 Å².